The van der Waals surface area contributed by atoms with Gasteiger partial charge in [-0.2, -0.15) is 0 Å². The van der Waals surface area contributed by atoms with Crippen LogP contribution < -0.4 is 15.4 Å². The fourth-order valence-corrected chi connectivity index (χ4v) is 3.30. The zero-order valence-electron chi connectivity index (χ0n) is 16.2. The lowest BCUT2D eigenvalue weighted by Gasteiger charge is -2.13. The molecule has 0 bridgehead atoms. The van der Waals surface area contributed by atoms with Crippen LogP contribution in [0.25, 0.3) is 11.1 Å². The molecule has 3 aromatic rings. The molecule has 5 nitrogen and oxygen atoms in total. The molecular formula is C22H18F2N2O3S. The van der Waals surface area contributed by atoms with Gasteiger partial charge in [0.25, 0.3) is 5.91 Å². The number of imide groups is 1. The van der Waals surface area contributed by atoms with Gasteiger partial charge in [0.1, 0.15) is 22.9 Å². The van der Waals surface area contributed by atoms with Crippen LogP contribution in [-0.4, -0.2) is 25.3 Å². The minimum Gasteiger partial charge on any atom is -0.496 e. The number of nitrogens with one attached hydrogen (secondary N) is 2. The van der Waals surface area contributed by atoms with Crippen molar-refractivity contribution in [3.05, 3.63) is 77.9 Å². The Balaban J connectivity index is 1.77. The Bertz CT molecular complexity index is 1090. The molecule has 2 N–H and O–H groups in total. The van der Waals surface area contributed by atoms with Gasteiger partial charge >= 0.3 is 6.03 Å². The van der Waals surface area contributed by atoms with Crippen LogP contribution in [0.3, 0.4) is 0 Å². The quantitative estimate of drug-likeness (QED) is 0.540. The first kappa shape index (κ1) is 21.3. The van der Waals surface area contributed by atoms with Crippen LogP contribution in [0.15, 0.2) is 65.6 Å². The van der Waals surface area contributed by atoms with E-state index in [0.717, 1.165) is 34.2 Å². The summed E-state index contributed by atoms with van der Waals surface area (Å²) < 4.78 is 32.8. The molecule has 0 fully saturated rings. The second kappa shape index (κ2) is 9.41. The second-order valence-corrected chi connectivity index (χ2v) is 7.03. The Morgan fingerprint density at radius 2 is 1.67 bits per heavy atom. The molecule has 0 heterocycles. The van der Waals surface area contributed by atoms with Gasteiger partial charge in [0.15, 0.2) is 0 Å². The molecule has 8 heteroatoms. The summed E-state index contributed by atoms with van der Waals surface area (Å²) in [7, 11) is 1.51. The summed E-state index contributed by atoms with van der Waals surface area (Å²) in [4.78, 5) is 25.2. The third-order valence-corrected chi connectivity index (χ3v) is 4.98. The summed E-state index contributed by atoms with van der Waals surface area (Å²) >= 11 is 1.62. The Morgan fingerprint density at radius 1 is 0.967 bits per heavy atom. The van der Waals surface area contributed by atoms with E-state index in [4.69, 9.17) is 4.74 Å². The third-order valence-electron chi connectivity index (χ3n) is 4.26. The first-order valence-corrected chi connectivity index (χ1v) is 10.0. The van der Waals surface area contributed by atoms with Gasteiger partial charge < -0.3 is 10.1 Å². The van der Waals surface area contributed by atoms with E-state index in [1.807, 2.05) is 35.8 Å². The Labute approximate surface area is 176 Å². The van der Waals surface area contributed by atoms with E-state index < -0.39 is 29.1 Å². The number of carbonyl (C=O) groups excluding carboxylic acids is 2. The van der Waals surface area contributed by atoms with E-state index >= 15 is 0 Å². The number of methoxy groups -OCH3 is 1. The predicted octanol–water partition coefficient (Wildman–Crippen LogP) is 5.32. The van der Waals surface area contributed by atoms with Crippen molar-refractivity contribution in [1.82, 2.24) is 5.32 Å². The van der Waals surface area contributed by atoms with Gasteiger partial charge in [-0.3, -0.25) is 10.1 Å². The zero-order valence-corrected chi connectivity index (χ0v) is 17.0. The molecule has 3 rings (SSSR count). The van der Waals surface area contributed by atoms with Crippen LogP contribution >= 0.6 is 11.8 Å². The van der Waals surface area contributed by atoms with Crippen molar-refractivity contribution in [1.29, 1.82) is 0 Å². The van der Waals surface area contributed by atoms with Gasteiger partial charge in [0, 0.05) is 22.2 Å². The molecule has 0 atom stereocenters. The van der Waals surface area contributed by atoms with Crippen molar-refractivity contribution in [2.45, 2.75) is 4.90 Å². The van der Waals surface area contributed by atoms with Crippen molar-refractivity contribution in [3.63, 3.8) is 0 Å². The summed E-state index contributed by atoms with van der Waals surface area (Å²) in [5, 5.41) is 4.37. The van der Waals surface area contributed by atoms with Crippen molar-refractivity contribution < 1.29 is 23.1 Å². The average Bonchev–Trinajstić information content (AvgIpc) is 2.73. The summed E-state index contributed by atoms with van der Waals surface area (Å²) in [5.74, 6) is -2.78. The fraction of sp³-hybridized carbons (Fsp3) is 0.0909. The number of benzene rings is 3. The number of carbonyl (C=O) groups is 2. The van der Waals surface area contributed by atoms with Crippen LogP contribution in [-0.2, 0) is 0 Å². The predicted molar refractivity (Wildman–Crippen MR) is 113 cm³/mol. The molecule has 30 heavy (non-hydrogen) atoms. The van der Waals surface area contributed by atoms with E-state index in [0.29, 0.717) is 11.4 Å². The summed E-state index contributed by atoms with van der Waals surface area (Å²) in [6, 6.07) is 15.0. The van der Waals surface area contributed by atoms with E-state index in [1.165, 1.54) is 7.11 Å². The summed E-state index contributed by atoms with van der Waals surface area (Å²) in [6.07, 6.45) is 1.98. The minimum atomic E-state index is -1.18. The SMILES string of the molecule is COc1cc(NC(=O)NC(=O)c2c(F)cccc2F)ccc1-c1cccc(SC)c1. The van der Waals surface area contributed by atoms with Crippen LogP contribution in [0.1, 0.15) is 10.4 Å². The lowest BCUT2D eigenvalue weighted by Crippen LogP contribution is -2.35. The van der Waals surface area contributed by atoms with Gasteiger partial charge in [-0.15, -0.1) is 11.8 Å². The maximum absolute atomic E-state index is 13.7. The molecular weight excluding hydrogens is 410 g/mol. The van der Waals surface area contributed by atoms with Crippen molar-refractivity contribution in [2.24, 2.45) is 0 Å². The molecule has 0 aromatic heterocycles. The summed E-state index contributed by atoms with van der Waals surface area (Å²) in [6.45, 7) is 0. The molecule has 0 radical (unpaired) electrons. The number of ether oxygens (including phenoxy) is 1. The van der Waals surface area contributed by atoms with Gasteiger partial charge in [-0.25, -0.2) is 13.6 Å². The van der Waals surface area contributed by atoms with E-state index in [2.05, 4.69) is 5.32 Å². The van der Waals surface area contributed by atoms with Crippen LogP contribution in [0.5, 0.6) is 5.75 Å². The van der Waals surface area contributed by atoms with Gasteiger partial charge in [0.2, 0.25) is 0 Å². The first-order chi connectivity index (χ1) is 14.4. The van der Waals surface area contributed by atoms with Crippen molar-refractivity contribution >= 4 is 29.4 Å². The highest BCUT2D eigenvalue weighted by molar-refractivity contribution is 7.98. The van der Waals surface area contributed by atoms with Crippen LogP contribution in [0.2, 0.25) is 0 Å². The van der Waals surface area contributed by atoms with Gasteiger partial charge in [-0.05, 0) is 48.2 Å². The standard InChI is InChI=1S/C22H18F2N2O3S/c1-29-19-12-14(9-10-16(19)13-5-3-6-15(11-13)30-2)25-22(28)26-21(27)20-17(23)7-4-8-18(20)24/h3-12H,1-2H3,(H2,25,26,27,28). The van der Waals surface area contributed by atoms with Crippen molar-refractivity contribution in [2.75, 3.05) is 18.7 Å². The normalized spacial score (nSPS) is 10.4. The largest absolute Gasteiger partial charge is 0.496 e. The fourth-order valence-electron chi connectivity index (χ4n) is 2.84. The molecule has 0 aliphatic heterocycles. The minimum absolute atomic E-state index is 0.343. The lowest BCUT2D eigenvalue weighted by molar-refractivity contribution is 0.0959. The number of thioether (sulfide) groups is 1. The molecule has 3 amide bonds. The maximum Gasteiger partial charge on any atom is 0.326 e. The molecule has 154 valence electrons. The van der Waals surface area contributed by atoms with Gasteiger partial charge in [0.05, 0.1) is 7.11 Å². The van der Waals surface area contributed by atoms with E-state index in [1.54, 1.807) is 30.0 Å². The maximum atomic E-state index is 13.7. The highest BCUT2D eigenvalue weighted by atomic mass is 32.2. The Morgan fingerprint density at radius 3 is 2.33 bits per heavy atom. The molecule has 0 unspecified atom stereocenters. The number of hydrogen-bond acceptors (Lipinski definition) is 4. The molecule has 0 aliphatic rings. The van der Waals surface area contributed by atoms with Crippen LogP contribution in [0, 0.1) is 11.6 Å². The van der Waals surface area contributed by atoms with E-state index in [9.17, 15) is 18.4 Å². The first-order valence-electron chi connectivity index (χ1n) is 8.81. The number of halogens is 2. The second-order valence-electron chi connectivity index (χ2n) is 6.15. The summed E-state index contributed by atoms with van der Waals surface area (Å²) in [5.41, 5.74) is 1.29. The number of rotatable bonds is 5. The molecule has 0 aliphatic carbocycles. The molecule has 0 spiro atoms. The highest BCUT2D eigenvalue weighted by Crippen LogP contribution is 2.34. The number of hydrogen-bond donors (Lipinski definition) is 2. The third kappa shape index (κ3) is 4.77. The zero-order chi connectivity index (χ0) is 21.7. The van der Waals surface area contributed by atoms with Crippen molar-refractivity contribution in [3.8, 4) is 16.9 Å². The monoisotopic (exact) mass is 428 g/mol. The molecule has 0 saturated heterocycles. The molecule has 3 aromatic carbocycles. The highest BCUT2D eigenvalue weighted by Gasteiger charge is 2.19. The van der Waals surface area contributed by atoms with Crippen LogP contribution in [0.4, 0.5) is 19.3 Å². The van der Waals surface area contributed by atoms with Gasteiger partial charge in [-0.1, -0.05) is 18.2 Å². The smallest absolute Gasteiger partial charge is 0.326 e. The Kier molecular flexibility index (Phi) is 6.68. The topological polar surface area (TPSA) is 67.4 Å². The number of amides is 3. The Hall–Kier alpha value is -3.39. The number of urea groups is 1. The average molecular weight is 428 g/mol. The lowest BCUT2D eigenvalue weighted by atomic mass is 10.0. The van der Waals surface area contributed by atoms with E-state index in [-0.39, 0.29) is 0 Å². The molecule has 0 saturated carbocycles. The number of anilines is 1.